The molecule has 0 spiro atoms. The van der Waals surface area contributed by atoms with Crippen LogP contribution in [0.1, 0.15) is 50.5 Å². The van der Waals surface area contributed by atoms with E-state index in [1.807, 2.05) is 42.2 Å². The molecule has 7 nitrogen and oxygen atoms in total. The van der Waals surface area contributed by atoms with E-state index in [0.717, 1.165) is 24.8 Å². The van der Waals surface area contributed by atoms with Gasteiger partial charge >= 0.3 is 12.0 Å². The smallest absolute Gasteiger partial charge is 0.315 e. The minimum absolute atomic E-state index is 0.0327. The van der Waals surface area contributed by atoms with Gasteiger partial charge in [-0.25, -0.2) is 4.79 Å². The van der Waals surface area contributed by atoms with Gasteiger partial charge in [0, 0.05) is 32.1 Å². The monoisotopic (exact) mass is 375 g/mol. The maximum absolute atomic E-state index is 12.9. The Kier molecular flexibility index (Phi) is 8.10. The number of benzene rings is 1. The lowest BCUT2D eigenvalue weighted by atomic mass is 9.93. The van der Waals surface area contributed by atoms with Crippen LogP contribution in [0.4, 0.5) is 4.79 Å². The Morgan fingerprint density at radius 3 is 2.44 bits per heavy atom. The molecule has 1 unspecified atom stereocenters. The highest BCUT2D eigenvalue weighted by Gasteiger charge is 2.28. The van der Waals surface area contributed by atoms with Crippen LogP contribution in [0.2, 0.25) is 0 Å². The van der Waals surface area contributed by atoms with E-state index in [1.165, 1.54) is 0 Å². The second kappa shape index (κ2) is 10.5. The zero-order valence-corrected chi connectivity index (χ0v) is 15.8. The third kappa shape index (κ3) is 6.58. The Morgan fingerprint density at radius 1 is 1.19 bits per heavy atom. The summed E-state index contributed by atoms with van der Waals surface area (Å²) < 4.78 is 0. The van der Waals surface area contributed by atoms with Gasteiger partial charge in [0.1, 0.15) is 0 Å². The normalized spacial score (nSPS) is 15.8. The lowest BCUT2D eigenvalue weighted by Gasteiger charge is -2.34. The number of carboxylic acids is 1. The number of aliphatic carboxylic acids is 1. The molecule has 0 aromatic heterocycles. The van der Waals surface area contributed by atoms with Gasteiger partial charge in [-0.1, -0.05) is 37.3 Å². The van der Waals surface area contributed by atoms with Crippen molar-refractivity contribution in [3.63, 3.8) is 0 Å². The van der Waals surface area contributed by atoms with Gasteiger partial charge in [0.15, 0.2) is 0 Å². The minimum atomic E-state index is -0.866. The van der Waals surface area contributed by atoms with E-state index in [2.05, 4.69) is 10.6 Å². The van der Waals surface area contributed by atoms with E-state index in [4.69, 9.17) is 5.11 Å². The highest BCUT2D eigenvalue weighted by Crippen LogP contribution is 2.24. The number of hydrogen-bond acceptors (Lipinski definition) is 3. The molecule has 1 aliphatic heterocycles. The molecule has 3 amide bonds. The Labute approximate surface area is 160 Å². The van der Waals surface area contributed by atoms with Gasteiger partial charge in [0.25, 0.3) is 0 Å². The number of carboxylic acid groups (broad SMARTS) is 1. The standard InChI is InChI=1S/C20H29N3O4/c1-2-17(15-7-4-3-5-8-15)19(26)23-13-10-16(11-14-23)22-20(27)21-12-6-9-18(24)25/h3-5,7-8,16-17H,2,6,9-14H2,1H3,(H,24,25)(H2,21,22,27). The van der Waals surface area contributed by atoms with Gasteiger partial charge in [-0.3, -0.25) is 9.59 Å². The zero-order chi connectivity index (χ0) is 19.6. The fraction of sp³-hybridized carbons (Fsp3) is 0.550. The molecule has 0 bridgehead atoms. The summed E-state index contributed by atoms with van der Waals surface area (Å²) in [5.74, 6) is -0.830. The lowest BCUT2D eigenvalue weighted by molar-refractivity contribution is -0.137. The molecule has 1 saturated heterocycles. The predicted octanol–water partition coefficient (Wildman–Crippen LogP) is 2.34. The highest BCUT2D eigenvalue weighted by molar-refractivity contribution is 5.83. The topological polar surface area (TPSA) is 98.7 Å². The quantitative estimate of drug-likeness (QED) is 0.607. The molecule has 27 heavy (non-hydrogen) atoms. The molecule has 1 fully saturated rings. The van der Waals surface area contributed by atoms with E-state index in [9.17, 15) is 14.4 Å². The third-order valence-corrected chi connectivity index (χ3v) is 4.90. The maximum atomic E-state index is 12.9. The summed E-state index contributed by atoms with van der Waals surface area (Å²) in [7, 11) is 0. The van der Waals surface area contributed by atoms with Gasteiger partial charge in [-0.15, -0.1) is 0 Å². The SMILES string of the molecule is CCC(C(=O)N1CCC(NC(=O)NCCCC(=O)O)CC1)c1ccccc1. The number of piperidine rings is 1. The van der Waals surface area contributed by atoms with E-state index in [0.29, 0.717) is 26.1 Å². The number of likely N-dealkylation sites (tertiary alicyclic amines) is 1. The molecule has 0 radical (unpaired) electrons. The van der Waals surface area contributed by atoms with Crippen molar-refractivity contribution in [2.24, 2.45) is 0 Å². The van der Waals surface area contributed by atoms with Crippen LogP contribution in [0.5, 0.6) is 0 Å². The molecule has 2 rings (SSSR count). The fourth-order valence-electron chi connectivity index (χ4n) is 3.38. The Hall–Kier alpha value is -2.57. The van der Waals surface area contributed by atoms with Crippen LogP contribution in [0.3, 0.4) is 0 Å². The number of carbonyl (C=O) groups excluding carboxylic acids is 2. The van der Waals surface area contributed by atoms with E-state index >= 15 is 0 Å². The number of amides is 3. The lowest BCUT2D eigenvalue weighted by Crippen LogP contribution is -2.50. The Morgan fingerprint density at radius 2 is 1.85 bits per heavy atom. The van der Waals surface area contributed by atoms with Crippen molar-refractivity contribution >= 4 is 17.9 Å². The first kappa shape index (κ1) is 20.7. The molecular weight excluding hydrogens is 346 g/mol. The van der Waals surface area contributed by atoms with Gasteiger partial charge in [0.05, 0.1) is 5.92 Å². The third-order valence-electron chi connectivity index (χ3n) is 4.90. The molecule has 1 atom stereocenters. The summed E-state index contributed by atoms with van der Waals surface area (Å²) in [5.41, 5.74) is 1.05. The first-order valence-electron chi connectivity index (χ1n) is 9.61. The van der Waals surface area contributed by atoms with E-state index in [1.54, 1.807) is 0 Å². The average molecular weight is 375 g/mol. The van der Waals surface area contributed by atoms with Crippen LogP contribution < -0.4 is 10.6 Å². The zero-order valence-electron chi connectivity index (χ0n) is 15.8. The average Bonchev–Trinajstić information content (AvgIpc) is 2.67. The van der Waals surface area contributed by atoms with Crippen LogP contribution in [-0.2, 0) is 9.59 Å². The van der Waals surface area contributed by atoms with Crippen molar-refractivity contribution in [3.8, 4) is 0 Å². The summed E-state index contributed by atoms with van der Waals surface area (Å²) in [6.45, 7) is 3.63. The summed E-state index contributed by atoms with van der Waals surface area (Å²) >= 11 is 0. The van der Waals surface area contributed by atoms with Crippen molar-refractivity contribution in [2.45, 2.75) is 51.0 Å². The van der Waals surface area contributed by atoms with Crippen LogP contribution in [0.25, 0.3) is 0 Å². The van der Waals surface area contributed by atoms with Crippen molar-refractivity contribution in [3.05, 3.63) is 35.9 Å². The summed E-state index contributed by atoms with van der Waals surface area (Å²) in [6.07, 6.45) is 2.66. The maximum Gasteiger partial charge on any atom is 0.315 e. The Bertz CT molecular complexity index is 627. The number of nitrogens with one attached hydrogen (secondary N) is 2. The molecule has 7 heteroatoms. The summed E-state index contributed by atoms with van der Waals surface area (Å²) in [6, 6.07) is 9.60. The highest BCUT2D eigenvalue weighted by atomic mass is 16.4. The molecule has 0 aliphatic carbocycles. The Balaban J connectivity index is 1.75. The molecule has 1 aliphatic rings. The van der Waals surface area contributed by atoms with Crippen molar-refractivity contribution in [1.82, 2.24) is 15.5 Å². The van der Waals surface area contributed by atoms with E-state index < -0.39 is 5.97 Å². The van der Waals surface area contributed by atoms with Crippen molar-refractivity contribution in [1.29, 1.82) is 0 Å². The van der Waals surface area contributed by atoms with Crippen LogP contribution in [0, 0.1) is 0 Å². The first-order valence-corrected chi connectivity index (χ1v) is 9.61. The number of rotatable bonds is 8. The number of urea groups is 1. The molecule has 1 aromatic carbocycles. The molecular formula is C20H29N3O4. The van der Waals surface area contributed by atoms with Gasteiger partial charge < -0.3 is 20.6 Å². The molecule has 148 valence electrons. The van der Waals surface area contributed by atoms with E-state index in [-0.39, 0.29) is 30.3 Å². The van der Waals surface area contributed by atoms with Crippen LogP contribution in [0.15, 0.2) is 30.3 Å². The largest absolute Gasteiger partial charge is 0.481 e. The van der Waals surface area contributed by atoms with Crippen molar-refractivity contribution < 1.29 is 19.5 Å². The minimum Gasteiger partial charge on any atom is -0.481 e. The van der Waals surface area contributed by atoms with Crippen LogP contribution in [-0.4, -0.2) is 53.6 Å². The number of nitrogens with zero attached hydrogens (tertiary/aromatic N) is 1. The van der Waals surface area contributed by atoms with Crippen molar-refractivity contribution in [2.75, 3.05) is 19.6 Å². The second-order valence-electron chi connectivity index (χ2n) is 6.87. The molecule has 3 N–H and O–H groups in total. The van der Waals surface area contributed by atoms with Gasteiger partial charge in [0.2, 0.25) is 5.91 Å². The first-order chi connectivity index (χ1) is 13.0. The molecule has 0 saturated carbocycles. The second-order valence-corrected chi connectivity index (χ2v) is 6.87. The number of carbonyl (C=O) groups is 3. The molecule has 1 aromatic rings. The van der Waals surface area contributed by atoms with Crippen LogP contribution >= 0.6 is 0 Å². The summed E-state index contributed by atoms with van der Waals surface area (Å²) in [5, 5.41) is 14.2. The fourth-order valence-corrected chi connectivity index (χ4v) is 3.38. The molecule has 1 heterocycles. The predicted molar refractivity (Wildman–Crippen MR) is 102 cm³/mol. The summed E-state index contributed by atoms with van der Waals surface area (Å²) in [4.78, 5) is 37.1. The van der Waals surface area contributed by atoms with Gasteiger partial charge in [-0.2, -0.15) is 0 Å². The van der Waals surface area contributed by atoms with Gasteiger partial charge in [-0.05, 0) is 31.2 Å². The number of hydrogen-bond donors (Lipinski definition) is 3.